The normalized spacial score (nSPS) is 23.6. The minimum atomic E-state index is -0.478. The van der Waals surface area contributed by atoms with E-state index in [2.05, 4.69) is 15.2 Å². The lowest BCUT2D eigenvalue weighted by atomic mass is 9.97. The number of amides is 1. The van der Waals surface area contributed by atoms with Gasteiger partial charge in [-0.05, 0) is 59.3 Å². The number of aliphatic imine (C=N–C) groups is 1. The molecule has 0 spiro atoms. The predicted molar refractivity (Wildman–Crippen MR) is 113 cm³/mol. The van der Waals surface area contributed by atoms with Gasteiger partial charge in [0.25, 0.3) is 0 Å². The summed E-state index contributed by atoms with van der Waals surface area (Å²) in [7, 11) is 1.77. The molecule has 0 bridgehead atoms. The number of hydrogen-bond donors (Lipinski definition) is 1. The molecule has 2 unspecified atom stereocenters. The molecule has 0 aliphatic carbocycles. The highest BCUT2D eigenvalue weighted by molar-refractivity contribution is 5.81. The number of hydrogen-bond acceptors (Lipinski definition) is 5. The Morgan fingerprint density at radius 2 is 1.79 bits per heavy atom. The zero-order chi connectivity index (χ0) is 21.4. The molecule has 2 saturated heterocycles. The molecule has 2 aliphatic rings. The van der Waals surface area contributed by atoms with Gasteiger partial charge in [-0.15, -0.1) is 0 Å². The molecule has 166 valence electrons. The van der Waals surface area contributed by atoms with Gasteiger partial charge in [0.1, 0.15) is 5.60 Å². The molecule has 0 aromatic carbocycles. The standard InChI is InChI=1S/C21H38N4O4/c1-6-28-18(26)17-10-8-11-24(15-17)19(22-5)23-13-16-9-7-12-25(14-16)20(27)29-21(2,3)4/h16-17H,6-15H2,1-5H3,(H,22,23). The predicted octanol–water partition coefficient (Wildman–Crippen LogP) is 2.48. The Kier molecular flexibility index (Phi) is 8.59. The number of guanidine groups is 1. The van der Waals surface area contributed by atoms with Crippen LogP contribution in [-0.4, -0.2) is 79.8 Å². The van der Waals surface area contributed by atoms with Crippen LogP contribution in [0.15, 0.2) is 4.99 Å². The van der Waals surface area contributed by atoms with E-state index in [9.17, 15) is 9.59 Å². The number of piperidine rings is 2. The number of esters is 1. The Hall–Kier alpha value is -1.99. The lowest BCUT2D eigenvalue weighted by Crippen LogP contribution is -2.51. The van der Waals surface area contributed by atoms with Crippen molar-refractivity contribution in [3.05, 3.63) is 0 Å². The smallest absolute Gasteiger partial charge is 0.410 e. The first-order valence-electron chi connectivity index (χ1n) is 10.8. The molecule has 8 nitrogen and oxygen atoms in total. The van der Waals surface area contributed by atoms with Crippen LogP contribution in [-0.2, 0) is 14.3 Å². The molecular formula is C21H38N4O4. The molecule has 2 fully saturated rings. The number of nitrogens with one attached hydrogen (secondary N) is 1. The number of carbonyl (C=O) groups is 2. The van der Waals surface area contributed by atoms with Gasteiger partial charge in [-0.3, -0.25) is 9.79 Å². The molecule has 1 amide bonds. The molecule has 0 saturated carbocycles. The zero-order valence-electron chi connectivity index (χ0n) is 18.7. The van der Waals surface area contributed by atoms with Crippen molar-refractivity contribution in [2.75, 3.05) is 46.4 Å². The summed E-state index contributed by atoms with van der Waals surface area (Å²) >= 11 is 0. The van der Waals surface area contributed by atoms with E-state index in [1.165, 1.54) is 0 Å². The Bertz CT molecular complexity index is 588. The second kappa shape index (κ2) is 10.7. The van der Waals surface area contributed by atoms with Gasteiger partial charge in [0, 0.05) is 39.8 Å². The molecule has 2 aliphatic heterocycles. The summed E-state index contributed by atoms with van der Waals surface area (Å²) in [6.45, 7) is 11.6. The largest absolute Gasteiger partial charge is 0.466 e. The summed E-state index contributed by atoms with van der Waals surface area (Å²) in [5.74, 6) is 0.944. The van der Waals surface area contributed by atoms with Gasteiger partial charge >= 0.3 is 12.1 Å². The SMILES string of the molecule is CCOC(=O)C1CCCN(C(=NC)NCC2CCCN(C(=O)OC(C)(C)C)C2)C1. The highest BCUT2D eigenvalue weighted by atomic mass is 16.6. The molecular weight excluding hydrogens is 372 g/mol. The van der Waals surface area contributed by atoms with E-state index in [-0.39, 0.29) is 18.0 Å². The Labute approximate surface area is 175 Å². The van der Waals surface area contributed by atoms with Crippen molar-refractivity contribution in [2.45, 2.75) is 59.0 Å². The average molecular weight is 411 g/mol. The Balaban J connectivity index is 1.85. The highest BCUT2D eigenvalue weighted by Crippen LogP contribution is 2.20. The van der Waals surface area contributed by atoms with Gasteiger partial charge in [0.05, 0.1) is 12.5 Å². The maximum Gasteiger partial charge on any atom is 0.410 e. The first-order valence-corrected chi connectivity index (χ1v) is 10.8. The van der Waals surface area contributed by atoms with Gasteiger partial charge in [-0.1, -0.05) is 0 Å². The average Bonchev–Trinajstić information content (AvgIpc) is 2.68. The van der Waals surface area contributed by atoms with Crippen LogP contribution in [0.2, 0.25) is 0 Å². The van der Waals surface area contributed by atoms with Crippen molar-refractivity contribution in [2.24, 2.45) is 16.8 Å². The molecule has 29 heavy (non-hydrogen) atoms. The van der Waals surface area contributed by atoms with E-state index in [0.717, 1.165) is 51.3 Å². The van der Waals surface area contributed by atoms with Crippen LogP contribution < -0.4 is 5.32 Å². The molecule has 2 atom stereocenters. The molecule has 8 heteroatoms. The number of nitrogens with zero attached hydrogens (tertiary/aromatic N) is 3. The summed E-state index contributed by atoms with van der Waals surface area (Å²) in [4.78, 5) is 32.8. The van der Waals surface area contributed by atoms with Crippen LogP contribution in [0.5, 0.6) is 0 Å². The highest BCUT2D eigenvalue weighted by Gasteiger charge is 2.30. The minimum Gasteiger partial charge on any atom is -0.466 e. The third-order valence-electron chi connectivity index (χ3n) is 5.27. The fourth-order valence-electron chi connectivity index (χ4n) is 3.91. The van der Waals surface area contributed by atoms with E-state index in [4.69, 9.17) is 9.47 Å². The first-order chi connectivity index (χ1) is 13.7. The van der Waals surface area contributed by atoms with Gasteiger partial charge < -0.3 is 24.6 Å². The van der Waals surface area contributed by atoms with Crippen molar-refractivity contribution >= 4 is 18.0 Å². The first kappa shape index (κ1) is 23.3. The van der Waals surface area contributed by atoms with Crippen LogP contribution in [0, 0.1) is 11.8 Å². The second-order valence-corrected chi connectivity index (χ2v) is 8.90. The summed E-state index contributed by atoms with van der Waals surface area (Å²) in [5.41, 5.74) is -0.478. The van der Waals surface area contributed by atoms with Crippen molar-refractivity contribution in [3.63, 3.8) is 0 Å². The summed E-state index contributed by atoms with van der Waals surface area (Å²) in [6, 6.07) is 0. The number of carbonyl (C=O) groups excluding carboxylic acids is 2. The Morgan fingerprint density at radius 1 is 1.10 bits per heavy atom. The van der Waals surface area contributed by atoms with Crippen LogP contribution >= 0.6 is 0 Å². The van der Waals surface area contributed by atoms with E-state index >= 15 is 0 Å². The third-order valence-corrected chi connectivity index (χ3v) is 5.27. The number of likely N-dealkylation sites (tertiary alicyclic amines) is 2. The van der Waals surface area contributed by atoms with Crippen molar-refractivity contribution in [3.8, 4) is 0 Å². The third kappa shape index (κ3) is 7.40. The van der Waals surface area contributed by atoms with E-state index in [1.54, 1.807) is 7.05 Å². The second-order valence-electron chi connectivity index (χ2n) is 8.90. The topological polar surface area (TPSA) is 83.5 Å². The fourth-order valence-corrected chi connectivity index (χ4v) is 3.91. The Morgan fingerprint density at radius 3 is 2.45 bits per heavy atom. The molecule has 2 heterocycles. The van der Waals surface area contributed by atoms with Crippen molar-refractivity contribution < 1.29 is 19.1 Å². The summed E-state index contributed by atoms with van der Waals surface area (Å²) < 4.78 is 10.7. The minimum absolute atomic E-state index is 0.0976. The number of ether oxygens (including phenoxy) is 2. The van der Waals surface area contributed by atoms with E-state index in [0.29, 0.717) is 25.6 Å². The molecule has 0 radical (unpaired) electrons. The number of rotatable bonds is 4. The van der Waals surface area contributed by atoms with Gasteiger partial charge in [-0.2, -0.15) is 0 Å². The molecule has 1 N–H and O–H groups in total. The molecule has 0 aromatic heterocycles. The zero-order valence-corrected chi connectivity index (χ0v) is 18.7. The van der Waals surface area contributed by atoms with Gasteiger partial charge in [-0.25, -0.2) is 4.79 Å². The van der Waals surface area contributed by atoms with E-state index < -0.39 is 5.60 Å². The lowest BCUT2D eigenvalue weighted by molar-refractivity contribution is -0.149. The van der Waals surface area contributed by atoms with Gasteiger partial charge in [0.2, 0.25) is 0 Å². The monoisotopic (exact) mass is 410 g/mol. The van der Waals surface area contributed by atoms with Crippen molar-refractivity contribution in [1.82, 2.24) is 15.1 Å². The van der Waals surface area contributed by atoms with Crippen molar-refractivity contribution in [1.29, 1.82) is 0 Å². The quantitative estimate of drug-likeness (QED) is 0.436. The summed E-state index contributed by atoms with van der Waals surface area (Å²) in [6.07, 6.45) is 3.60. The van der Waals surface area contributed by atoms with Crippen LogP contribution in [0.25, 0.3) is 0 Å². The van der Waals surface area contributed by atoms with Crippen LogP contribution in [0.1, 0.15) is 53.4 Å². The lowest BCUT2D eigenvalue weighted by Gasteiger charge is -2.36. The maximum atomic E-state index is 12.4. The van der Waals surface area contributed by atoms with Crippen LogP contribution in [0.3, 0.4) is 0 Å². The fraction of sp³-hybridized carbons (Fsp3) is 0.857. The summed E-state index contributed by atoms with van der Waals surface area (Å²) in [5, 5.41) is 3.45. The van der Waals surface area contributed by atoms with E-state index in [1.807, 2.05) is 32.6 Å². The van der Waals surface area contributed by atoms with Crippen LogP contribution in [0.4, 0.5) is 4.79 Å². The molecule has 0 aromatic rings. The van der Waals surface area contributed by atoms with Gasteiger partial charge in [0.15, 0.2) is 5.96 Å². The molecule has 2 rings (SSSR count). The maximum absolute atomic E-state index is 12.4.